The number of rotatable bonds is 3. The molecule has 0 aromatic rings. The van der Waals surface area contributed by atoms with Crippen molar-refractivity contribution >= 4 is 0 Å². The van der Waals surface area contributed by atoms with E-state index in [1.807, 2.05) is 0 Å². The molecule has 0 aromatic carbocycles. The summed E-state index contributed by atoms with van der Waals surface area (Å²) in [5, 5.41) is 3.87. The number of nitrogens with one attached hydrogen (secondary N) is 1. The van der Waals surface area contributed by atoms with Crippen LogP contribution in [0.25, 0.3) is 0 Å². The Morgan fingerprint density at radius 2 is 1.94 bits per heavy atom. The standard InChI is InChI=1S/C15H29N3/c1-17-7-2-4-13(12-17)11-16-14-6-9-18-8-3-5-15(18)10-14/h13-16H,2-12H2,1H3. The second-order valence-electron chi connectivity index (χ2n) is 6.73. The van der Waals surface area contributed by atoms with Gasteiger partial charge in [0.1, 0.15) is 0 Å². The molecule has 3 fully saturated rings. The van der Waals surface area contributed by atoms with Gasteiger partial charge < -0.3 is 15.1 Å². The zero-order valence-electron chi connectivity index (χ0n) is 11.9. The number of hydrogen-bond acceptors (Lipinski definition) is 3. The summed E-state index contributed by atoms with van der Waals surface area (Å²) < 4.78 is 0. The van der Waals surface area contributed by atoms with Crippen LogP contribution in [0.15, 0.2) is 0 Å². The first-order valence-electron chi connectivity index (χ1n) is 7.97. The molecule has 0 amide bonds. The van der Waals surface area contributed by atoms with Gasteiger partial charge in [-0.15, -0.1) is 0 Å². The third kappa shape index (κ3) is 3.06. The van der Waals surface area contributed by atoms with Crippen LogP contribution in [0.3, 0.4) is 0 Å². The molecular weight excluding hydrogens is 222 g/mol. The monoisotopic (exact) mass is 251 g/mol. The van der Waals surface area contributed by atoms with Crippen molar-refractivity contribution in [3.05, 3.63) is 0 Å². The van der Waals surface area contributed by atoms with E-state index in [-0.39, 0.29) is 0 Å². The van der Waals surface area contributed by atoms with Crippen molar-refractivity contribution in [2.75, 3.05) is 39.8 Å². The molecule has 3 heterocycles. The highest BCUT2D eigenvalue weighted by Crippen LogP contribution is 2.27. The fourth-order valence-electron chi connectivity index (χ4n) is 4.18. The predicted octanol–water partition coefficient (Wildman–Crippen LogP) is 1.54. The van der Waals surface area contributed by atoms with E-state index in [0.29, 0.717) is 0 Å². The highest BCUT2D eigenvalue weighted by Gasteiger charge is 2.31. The average Bonchev–Trinajstić information content (AvgIpc) is 2.84. The molecule has 0 spiro atoms. The van der Waals surface area contributed by atoms with Gasteiger partial charge in [-0.3, -0.25) is 0 Å². The molecule has 18 heavy (non-hydrogen) atoms. The van der Waals surface area contributed by atoms with Crippen molar-refractivity contribution in [3.63, 3.8) is 0 Å². The first kappa shape index (κ1) is 12.9. The minimum Gasteiger partial charge on any atom is -0.314 e. The molecule has 3 heteroatoms. The van der Waals surface area contributed by atoms with Crippen molar-refractivity contribution in [2.45, 2.75) is 50.6 Å². The number of likely N-dealkylation sites (tertiary alicyclic amines) is 1. The van der Waals surface area contributed by atoms with Gasteiger partial charge in [0.2, 0.25) is 0 Å². The fourth-order valence-corrected chi connectivity index (χ4v) is 4.18. The van der Waals surface area contributed by atoms with Crippen LogP contribution >= 0.6 is 0 Å². The number of nitrogens with zero attached hydrogens (tertiary/aromatic N) is 2. The molecule has 0 bridgehead atoms. The van der Waals surface area contributed by atoms with E-state index in [1.165, 1.54) is 71.2 Å². The van der Waals surface area contributed by atoms with Crippen molar-refractivity contribution in [3.8, 4) is 0 Å². The number of fused-ring (bicyclic) bond motifs is 1. The normalized spacial score (nSPS) is 38.8. The van der Waals surface area contributed by atoms with Crippen molar-refractivity contribution < 1.29 is 0 Å². The van der Waals surface area contributed by atoms with Crippen LogP contribution < -0.4 is 5.32 Å². The first-order chi connectivity index (χ1) is 8.81. The van der Waals surface area contributed by atoms with E-state index in [2.05, 4.69) is 22.2 Å². The topological polar surface area (TPSA) is 18.5 Å². The third-order valence-electron chi connectivity index (χ3n) is 5.24. The van der Waals surface area contributed by atoms with E-state index in [9.17, 15) is 0 Å². The molecule has 0 saturated carbocycles. The van der Waals surface area contributed by atoms with Crippen LogP contribution in [-0.4, -0.2) is 61.7 Å². The van der Waals surface area contributed by atoms with Gasteiger partial charge in [0.05, 0.1) is 0 Å². The summed E-state index contributed by atoms with van der Waals surface area (Å²) in [6.07, 6.45) is 8.49. The Labute approximate surface area is 112 Å². The summed E-state index contributed by atoms with van der Waals surface area (Å²) >= 11 is 0. The average molecular weight is 251 g/mol. The Bertz CT molecular complexity index is 268. The summed E-state index contributed by atoms with van der Waals surface area (Å²) in [6, 6.07) is 1.71. The summed E-state index contributed by atoms with van der Waals surface area (Å²) in [7, 11) is 2.27. The van der Waals surface area contributed by atoms with Crippen molar-refractivity contribution in [2.24, 2.45) is 5.92 Å². The molecule has 3 unspecified atom stereocenters. The van der Waals surface area contributed by atoms with Crippen LogP contribution in [0.2, 0.25) is 0 Å². The smallest absolute Gasteiger partial charge is 0.0111 e. The molecular formula is C15H29N3. The minimum absolute atomic E-state index is 0.802. The SMILES string of the molecule is CN1CCCC(CNC2CCN3CCCC3C2)C1. The first-order valence-corrected chi connectivity index (χ1v) is 7.97. The molecule has 0 aromatic heterocycles. The van der Waals surface area contributed by atoms with Crippen LogP contribution in [0, 0.1) is 5.92 Å². The van der Waals surface area contributed by atoms with E-state index < -0.39 is 0 Å². The summed E-state index contributed by atoms with van der Waals surface area (Å²) in [6.45, 7) is 6.56. The Balaban J connectivity index is 1.40. The predicted molar refractivity (Wildman–Crippen MR) is 75.8 cm³/mol. The molecule has 104 valence electrons. The Morgan fingerprint density at radius 3 is 2.83 bits per heavy atom. The van der Waals surface area contributed by atoms with E-state index in [0.717, 1.165) is 18.0 Å². The van der Waals surface area contributed by atoms with Gasteiger partial charge in [-0.1, -0.05) is 0 Å². The van der Waals surface area contributed by atoms with Gasteiger partial charge in [-0.25, -0.2) is 0 Å². The summed E-state index contributed by atoms with van der Waals surface area (Å²) in [5.41, 5.74) is 0. The Hall–Kier alpha value is -0.120. The largest absolute Gasteiger partial charge is 0.314 e. The summed E-state index contributed by atoms with van der Waals surface area (Å²) in [4.78, 5) is 5.21. The number of piperidine rings is 2. The highest BCUT2D eigenvalue weighted by atomic mass is 15.2. The molecule has 0 radical (unpaired) electrons. The highest BCUT2D eigenvalue weighted by molar-refractivity contribution is 4.89. The molecule has 1 N–H and O–H groups in total. The molecule has 3 rings (SSSR count). The molecule has 0 aliphatic carbocycles. The van der Waals surface area contributed by atoms with Gasteiger partial charge in [0, 0.05) is 18.6 Å². The maximum Gasteiger partial charge on any atom is 0.0111 e. The molecule has 3 atom stereocenters. The minimum atomic E-state index is 0.802. The lowest BCUT2D eigenvalue weighted by Crippen LogP contribution is -2.47. The second-order valence-corrected chi connectivity index (χ2v) is 6.73. The maximum absolute atomic E-state index is 3.87. The molecule has 3 saturated heterocycles. The van der Waals surface area contributed by atoms with Crippen LogP contribution in [0.5, 0.6) is 0 Å². The van der Waals surface area contributed by atoms with Crippen molar-refractivity contribution in [1.82, 2.24) is 15.1 Å². The lowest BCUT2D eigenvalue weighted by atomic mass is 9.95. The van der Waals surface area contributed by atoms with Gasteiger partial charge in [-0.05, 0) is 77.7 Å². The summed E-state index contributed by atoms with van der Waals surface area (Å²) in [5.74, 6) is 0.894. The van der Waals surface area contributed by atoms with Gasteiger partial charge in [0.15, 0.2) is 0 Å². The second kappa shape index (κ2) is 5.89. The van der Waals surface area contributed by atoms with E-state index >= 15 is 0 Å². The van der Waals surface area contributed by atoms with Gasteiger partial charge in [0.25, 0.3) is 0 Å². The van der Waals surface area contributed by atoms with Gasteiger partial charge >= 0.3 is 0 Å². The third-order valence-corrected chi connectivity index (χ3v) is 5.24. The van der Waals surface area contributed by atoms with Gasteiger partial charge in [-0.2, -0.15) is 0 Å². The zero-order chi connectivity index (χ0) is 12.4. The van der Waals surface area contributed by atoms with E-state index in [4.69, 9.17) is 0 Å². The van der Waals surface area contributed by atoms with Crippen LogP contribution in [0.1, 0.15) is 38.5 Å². The quantitative estimate of drug-likeness (QED) is 0.821. The Kier molecular flexibility index (Phi) is 4.22. The van der Waals surface area contributed by atoms with Crippen molar-refractivity contribution in [1.29, 1.82) is 0 Å². The fraction of sp³-hybridized carbons (Fsp3) is 1.00. The molecule has 3 nitrogen and oxygen atoms in total. The lowest BCUT2D eigenvalue weighted by Gasteiger charge is -2.37. The van der Waals surface area contributed by atoms with E-state index in [1.54, 1.807) is 0 Å². The lowest BCUT2D eigenvalue weighted by molar-refractivity contribution is 0.154. The zero-order valence-corrected chi connectivity index (χ0v) is 11.9. The Morgan fingerprint density at radius 1 is 1.06 bits per heavy atom. The van der Waals surface area contributed by atoms with Crippen LogP contribution in [0.4, 0.5) is 0 Å². The maximum atomic E-state index is 3.87. The number of hydrogen-bond donors (Lipinski definition) is 1. The van der Waals surface area contributed by atoms with Crippen LogP contribution in [-0.2, 0) is 0 Å². The molecule has 3 aliphatic heterocycles. The molecule has 3 aliphatic rings.